The molecule has 1 aromatic heterocycles. The number of hydrogen-bond donors (Lipinski definition) is 1. The molecule has 1 N–H and O–H groups in total. The molecule has 1 rings (SSSR count). The lowest BCUT2D eigenvalue weighted by molar-refractivity contribution is -0.125. The van der Waals surface area contributed by atoms with Crippen molar-refractivity contribution in [2.24, 2.45) is 0 Å². The molecule has 0 aliphatic carbocycles. The van der Waals surface area contributed by atoms with Gasteiger partial charge in [0.15, 0.2) is 0 Å². The van der Waals surface area contributed by atoms with E-state index in [9.17, 15) is 4.79 Å². The average molecular weight is 252 g/mol. The minimum Gasteiger partial charge on any atom is -0.478 e. The maximum atomic E-state index is 11.6. The third-order valence-corrected chi connectivity index (χ3v) is 1.95. The Bertz CT molecular complexity index is 382. The molecule has 0 saturated carbocycles. The van der Waals surface area contributed by atoms with E-state index >= 15 is 0 Å². The second-order valence-corrected chi connectivity index (χ2v) is 4.77. The molecule has 0 atom stereocenters. The molecule has 5 heteroatoms. The number of anilines is 1. The predicted molar refractivity (Wildman–Crippen MR) is 69.7 cm³/mol. The number of pyridine rings is 1. The van der Waals surface area contributed by atoms with Crippen molar-refractivity contribution >= 4 is 11.6 Å². The van der Waals surface area contributed by atoms with Crippen molar-refractivity contribution in [3.8, 4) is 5.88 Å². The van der Waals surface area contributed by atoms with Gasteiger partial charge in [-0.2, -0.15) is 0 Å². The second kappa shape index (κ2) is 6.35. The Kier molecular flexibility index (Phi) is 5.09. The van der Waals surface area contributed by atoms with Gasteiger partial charge in [0.25, 0.3) is 0 Å². The van der Waals surface area contributed by atoms with Gasteiger partial charge in [-0.15, -0.1) is 0 Å². The Morgan fingerprint density at radius 1 is 1.39 bits per heavy atom. The quantitative estimate of drug-likeness (QED) is 0.873. The largest absolute Gasteiger partial charge is 0.478 e. The van der Waals surface area contributed by atoms with Crippen molar-refractivity contribution in [1.29, 1.82) is 0 Å². The molecule has 0 aromatic carbocycles. The third kappa shape index (κ3) is 5.63. The highest BCUT2D eigenvalue weighted by Gasteiger charge is 2.12. The van der Waals surface area contributed by atoms with E-state index in [4.69, 9.17) is 9.47 Å². The SMILES string of the molecule is CCOc1ccc(NC(=O)COC(C)(C)C)cn1. The van der Waals surface area contributed by atoms with Crippen LogP contribution in [0.4, 0.5) is 5.69 Å². The molecule has 0 unspecified atom stereocenters. The number of aromatic nitrogens is 1. The molecule has 18 heavy (non-hydrogen) atoms. The molecule has 0 fully saturated rings. The van der Waals surface area contributed by atoms with Crippen molar-refractivity contribution < 1.29 is 14.3 Å². The molecule has 0 bridgehead atoms. The van der Waals surface area contributed by atoms with Crippen molar-refractivity contribution in [2.75, 3.05) is 18.5 Å². The van der Waals surface area contributed by atoms with Crippen LogP contribution in [0.25, 0.3) is 0 Å². The summed E-state index contributed by atoms with van der Waals surface area (Å²) in [6.07, 6.45) is 1.56. The summed E-state index contributed by atoms with van der Waals surface area (Å²) < 4.78 is 10.6. The van der Waals surface area contributed by atoms with Crippen LogP contribution in [-0.2, 0) is 9.53 Å². The molecule has 0 saturated heterocycles. The lowest BCUT2D eigenvalue weighted by Crippen LogP contribution is -2.27. The number of nitrogens with one attached hydrogen (secondary N) is 1. The first-order valence-corrected chi connectivity index (χ1v) is 5.93. The van der Waals surface area contributed by atoms with E-state index in [0.717, 1.165) is 0 Å². The Morgan fingerprint density at radius 3 is 2.61 bits per heavy atom. The zero-order valence-corrected chi connectivity index (χ0v) is 11.3. The molecule has 0 spiro atoms. The maximum absolute atomic E-state index is 11.6. The fraction of sp³-hybridized carbons (Fsp3) is 0.538. The Balaban J connectivity index is 2.44. The summed E-state index contributed by atoms with van der Waals surface area (Å²) in [6.45, 7) is 8.19. The number of rotatable bonds is 5. The average Bonchev–Trinajstić information content (AvgIpc) is 2.29. The van der Waals surface area contributed by atoms with Crippen molar-refractivity contribution in [3.05, 3.63) is 18.3 Å². The molecule has 1 aromatic rings. The highest BCUT2D eigenvalue weighted by atomic mass is 16.5. The van der Waals surface area contributed by atoms with Gasteiger partial charge in [0, 0.05) is 6.07 Å². The van der Waals surface area contributed by atoms with Crippen LogP contribution in [0.1, 0.15) is 27.7 Å². The molecular formula is C13H20N2O3. The van der Waals surface area contributed by atoms with E-state index in [1.54, 1.807) is 18.3 Å². The van der Waals surface area contributed by atoms with Crippen molar-refractivity contribution in [2.45, 2.75) is 33.3 Å². The molecule has 0 radical (unpaired) electrons. The Labute approximate surface area is 108 Å². The van der Waals surface area contributed by atoms with Gasteiger partial charge in [-0.25, -0.2) is 4.98 Å². The van der Waals surface area contributed by atoms with Gasteiger partial charge in [0.1, 0.15) is 6.61 Å². The first kappa shape index (κ1) is 14.4. The van der Waals surface area contributed by atoms with Gasteiger partial charge in [-0.1, -0.05) is 0 Å². The summed E-state index contributed by atoms with van der Waals surface area (Å²) in [5.41, 5.74) is 0.301. The van der Waals surface area contributed by atoms with Gasteiger partial charge in [0.05, 0.1) is 24.1 Å². The fourth-order valence-electron chi connectivity index (χ4n) is 1.17. The van der Waals surface area contributed by atoms with E-state index in [1.807, 2.05) is 27.7 Å². The summed E-state index contributed by atoms with van der Waals surface area (Å²) in [7, 11) is 0. The minimum atomic E-state index is -0.325. The smallest absolute Gasteiger partial charge is 0.250 e. The lowest BCUT2D eigenvalue weighted by atomic mass is 10.2. The van der Waals surface area contributed by atoms with Gasteiger partial charge < -0.3 is 14.8 Å². The van der Waals surface area contributed by atoms with Gasteiger partial charge >= 0.3 is 0 Å². The van der Waals surface area contributed by atoms with Crippen LogP contribution in [0.3, 0.4) is 0 Å². The van der Waals surface area contributed by atoms with Crippen LogP contribution in [0.5, 0.6) is 5.88 Å². The summed E-state index contributed by atoms with van der Waals surface area (Å²) in [4.78, 5) is 15.6. The van der Waals surface area contributed by atoms with Crippen LogP contribution < -0.4 is 10.1 Å². The zero-order valence-electron chi connectivity index (χ0n) is 11.3. The van der Waals surface area contributed by atoms with Crippen molar-refractivity contribution in [1.82, 2.24) is 4.98 Å². The summed E-state index contributed by atoms with van der Waals surface area (Å²) in [5.74, 6) is 0.345. The van der Waals surface area contributed by atoms with Gasteiger partial charge in [0.2, 0.25) is 11.8 Å². The number of hydrogen-bond acceptors (Lipinski definition) is 4. The minimum absolute atomic E-state index is 0.0245. The van der Waals surface area contributed by atoms with Gasteiger partial charge in [-0.3, -0.25) is 4.79 Å². The van der Waals surface area contributed by atoms with Crippen LogP contribution >= 0.6 is 0 Å². The maximum Gasteiger partial charge on any atom is 0.250 e. The Morgan fingerprint density at radius 2 is 2.11 bits per heavy atom. The molecule has 0 aliphatic rings. The van der Waals surface area contributed by atoms with Crippen LogP contribution in [-0.4, -0.2) is 29.7 Å². The topological polar surface area (TPSA) is 60.5 Å². The van der Waals surface area contributed by atoms with E-state index < -0.39 is 0 Å². The summed E-state index contributed by atoms with van der Waals surface area (Å²) in [5, 5.41) is 2.70. The molecule has 5 nitrogen and oxygen atoms in total. The van der Waals surface area contributed by atoms with Gasteiger partial charge in [-0.05, 0) is 33.8 Å². The van der Waals surface area contributed by atoms with Crippen LogP contribution in [0.15, 0.2) is 18.3 Å². The van der Waals surface area contributed by atoms with E-state index in [-0.39, 0.29) is 18.1 Å². The first-order valence-electron chi connectivity index (χ1n) is 5.93. The predicted octanol–water partition coefficient (Wildman–Crippen LogP) is 2.23. The van der Waals surface area contributed by atoms with E-state index in [2.05, 4.69) is 10.3 Å². The standard InChI is InChI=1S/C13H20N2O3/c1-5-17-12-7-6-10(8-14-12)15-11(16)9-18-13(2,3)4/h6-8H,5,9H2,1-4H3,(H,15,16). The van der Waals surface area contributed by atoms with Crippen LogP contribution in [0, 0.1) is 0 Å². The summed E-state index contributed by atoms with van der Waals surface area (Å²) in [6, 6.07) is 3.46. The molecule has 100 valence electrons. The molecule has 1 amide bonds. The first-order chi connectivity index (χ1) is 8.40. The monoisotopic (exact) mass is 252 g/mol. The number of nitrogens with zero attached hydrogens (tertiary/aromatic N) is 1. The molecule has 1 heterocycles. The second-order valence-electron chi connectivity index (χ2n) is 4.77. The van der Waals surface area contributed by atoms with Crippen LogP contribution in [0.2, 0.25) is 0 Å². The lowest BCUT2D eigenvalue weighted by Gasteiger charge is -2.18. The Hall–Kier alpha value is -1.62. The molecule has 0 aliphatic heterocycles. The number of amides is 1. The van der Waals surface area contributed by atoms with Crippen molar-refractivity contribution in [3.63, 3.8) is 0 Å². The molecular weight excluding hydrogens is 232 g/mol. The summed E-state index contributed by atoms with van der Waals surface area (Å²) >= 11 is 0. The highest BCUT2D eigenvalue weighted by molar-refractivity contribution is 5.91. The normalized spacial score (nSPS) is 11.1. The number of carbonyl (C=O) groups is 1. The highest BCUT2D eigenvalue weighted by Crippen LogP contribution is 2.12. The number of ether oxygens (including phenoxy) is 2. The van der Waals surface area contributed by atoms with E-state index in [1.165, 1.54) is 0 Å². The van der Waals surface area contributed by atoms with E-state index in [0.29, 0.717) is 18.2 Å². The zero-order chi connectivity index (χ0) is 13.6. The third-order valence-electron chi connectivity index (χ3n) is 1.95. The number of carbonyl (C=O) groups excluding carboxylic acids is 1. The fourth-order valence-corrected chi connectivity index (χ4v) is 1.17.